The third kappa shape index (κ3) is 1.79. The molecule has 0 aliphatic carbocycles. The summed E-state index contributed by atoms with van der Waals surface area (Å²) >= 11 is 3.66. The van der Waals surface area contributed by atoms with E-state index in [0.717, 1.165) is 11.3 Å². The monoisotopic (exact) mass is 270 g/mol. The van der Waals surface area contributed by atoms with Crippen LogP contribution < -0.4 is 4.74 Å². The van der Waals surface area contributed by atoms with Gasteiger partial charge in [0.25, 0.3) is 0 Å². The first-order valence-electron chi connectivity index (χ1n) is 5.01. The zero-order chi connectivity index (χ0) is 11.1. The minimum absolute atomic E-state index is 0.0462. The lowest BCUT2D eigenvalue weighted by atomic mass is 9.91. The van der Waals surface area contributed by atoms with Gasteiger partial charge < -0.3 is 9.47 Å². The number of para-hydroxylation sites is 1. The van der Waals surface area contributed by atoms with Crippen molar-refractivity contribution in [1.82, 2.24) is 0 Å². The second kappa shape index (κ2) is 3.80. The van der Waals surface area contributed by atoms with Gasteiger partial charge in [0.05, 0.1) is 4.83 Å². The molecule has 1 aromatic rings. The topological polar surface area (TPSA) is 18.5 Å². The van der Waals surface area contributed by atoms with E-state index in [-0.39, 0.29) is 16.5 Å². The molecule has 0 bridgehead atoms. The van der Waals surface area contributed by atoms with Crippen molar-refractivity contribution >= 4 is 15.9 Å². The van der Waals surface area contributed by atoms with Crippen molar-refractivity contribution < 1.29 is 9.47 Å². The Morgan fingerprint density at radius 2 is 2.00 bits per heavy atom. The van der Waals surface area contributed by atoms with E-state index in [0.29, 0.717) is 0 Å². The maximum Gasteiger partial charge on any atom is 0.126 e. The number of rotatable bonds is 1. The number of alkyl halides is 1. The zero-order valence-corrected chi connectivity index (χ0v) is 10.7. The predicted molar refractivity (Wildman–Crippen MR) is 63.6 cm³/mol. The normalized spacial score (nSPS) is 28.0. The third-order valence-corrected chi connectivity index (χ3v) is 4.37. The highest BCUT2D eigenvalue weighted by Gasteiger charge is 2.42. The zero-order valence-electron chi connectivity index (χ0n) is 9.16. The van der Waals surface area contributed by atoms with Gasteiger partial charge in [-0.25, -0.2) is 0 Å². The summed E-state index contributed by atoms with van der Waals surface area (Å²) in [7, 11) is 1.73. The summed E-state index contributed by atoms with van der Waals surface area (Å²) < 4.78 is 11.5. The van der Waals surface area contributed by atoms with Gasteiger partial charge >= 0.3 is 0 Å². The first kappa shape index (κ1) is 11.0. The quantitative estimate of drug-likeness (QED) is 0.729. The van der Waals surface area contributed by atoms with Crippen LogP contribution in [0.15, 0.2) is 24.3 Å². The Morgan fingerprint density at radius 1 is 1.33 bits per heavy atom. The minimum atomic E-state index is -0.255. The van der Waals surface area contributed by atoms with Crippen LogP contribution in [0, 0.1) is 0 Å². The third-order valence-electron chi connectivity index (χ3n) is 2.78. The van der Waals surface area contributed by atoms with Crippen LogP contribution in [0.2, 0.25) is 0 Å². The summed E-state index contributed by atoms with van der Waals surface area (Å²) in [6.45, 7) is 4.13. The lowest BCUT2D eigenvalue weighted by molar-refractivity contribution is -0.000512. The van der Waals surface area contributed by atoms with Crippen molar-refractivity contribution in [1.29, 1.82) is 0 Å². The number of hydrogen-bond acceptors (Lipinski definition) is 2. The maximum atomic E-state index is 5.94. The predicted octanol–water partition coefficient (Wildman–Crippen LogP) is 3.31. The highest BCUT2D eigenvalue weighted by molar-refractivity contribution is 9.09. The number of benzene rings is 1. The molecule has 0 spiro atoms. The molecular formula is C12H15BrO2. The second-order valence-electron chi connectivity index (χ2n) is 4.30. The molecule has 2 rings (SSSR count). The molecule has 1 aliphatic heterocycles. The number of methoxy groups -OCH3 is 1. The Balaban J connectivity index is 2.48. The fourth-order valence-corrected chi connectivity index (χ4v) is 2.51. The van der Waals surface area contributed by atoms with Crippen molar-refractivity contribution in [3.05, 3.63) is 29.8 Å². The lowest BCUT2D eigenvalue weighted by Gasteiger charge is -2.41. The first-order chi connectivity index (χ1) is 7.06. The summed E-state index contributed by atoms with van der Waals surface area (Å²) in [6.07, 6.45) is 0.0462. The molecule has 0 aromatic heterocycles. The van der Waals surface area contributed by atoms with E-state index >= 15 is 0 Å². The molecule has 15 heavy (non-hydrogen) atoms. The Hall–Kier alpha value is -0.540. The Kier molecular flexibility index (Phi) is 2.77. The number of hydrogen-bond donors (Lipinski definition) is 0. The molecule has 1 aromatic carbocycles. The van der Waals surface area contributed by atoms with Gasteiger partial charge in [0, 0.05) is 12.7 Å². The molecule has 1 heterocycles. The summed E-state index contributed by atoms with van der Waals surface area (Å²) in [5, 5.41) is 0. The van der Waals surface area contributed by atoms with Gasteiger partial charge in [-0.1, -0.05) is 34.1 Å². The van der Waals surface area contributed by atoms with Gasteiger partial charge in [-0.15, -0.1) is 0 Å². The first-order valence-corrected chi connectivity index (χ1v) is 5.92. The highest BCUT2D eigenvalue weighted by Crippen LogP contribution is 2.44. The molecule has 0 saturated heterocycles. The molecule has 0 N–H and O–H groups in total. The molecule has 82 valence electrons. The van der Waals surface area contributed by atoms with Crippen LogP contribution in [0.1, 0.15) is 25.5 Å². The highest BCUT2D eigenvalue weighted by atomic mass is 79.9. The summed E-state index contributed by atoms with van der Waals surface area (Å²) in [4.78, 5) is 0.157. The van der Waals surface area contributed by atoms with Crippen LogP contribution >= 0.6 is 15.9 Å². The van der Waals surface area contributed by atoms with E-state index in [9.17, 15) is 0 Å². The fourth-order valence-electron chi connectivity index (χ4n) is 1.92. The molecule has 0 radical (unpaired) electrons. The van der Waals surface area contributed by atoms with Crippen molar-refractivity contribution in [2.24, 2.45) is 0 Å². The van der Waals surface area contributed by atoms with Gasteiger partial charge in [0.15, 0.2) is 0 Å². The number of halogens is 1. The van der Waals surface area contributed by atoms with Gasteiger partial charge in [0.1, 0.15) is 17.5 Å². The van der Waals surface area contributed by atoms with Gasteiger partial charge in [0.2, 0.25) is 0 Å². The standard InChI is InChI=1S/C12H15BrO2/c1-12(2)11(13)10(14-3)8-6-4-5-7-9(8)15-12/h4-7,10-11H,1-3H3/t10-,11-/m1/s1. The van der Waals surface area contributed by atoms with E-state index in [1.54, 1.807) is 7.11 Å². The number of fused-ring (bicyclic) bond motifs is 1. The van der Waals surface area contributed by atoms with Crippen molar-refractivity contribution in [2.75, 3.05) is 7.11 Å². The van der Waals surface area contributed by atoms with Crippen molar-refractivity contribution in [3.8, 4) is 5.75 Å². The van der Waals surface area contributed by atoms with Gasteiger partial charge in [-0.05, 0) is 19.9 Å². The van der Waals surface area contributed by atoms with Crippen molar-refractivity contribution in [2.45, 2.75) is 30.4 Å². The molecule has 0 fully saturated rings. The molecular weight excluding hydrogens is 256 g/mol. The van der Waals surface area contributed by atoms with Crippen LogP contribution in [0.4, 0.5) is 0 Å². The van der Waals surface area contributed by atoms with Crippen LogP contribution in [-0.4, -0.2) is 17.5 Å². The SMILES string of the molecule is CO[C@@H]1c2ccccc2OC(C)(C)[C@@H]1Br. The van der Waals surface area contributed by atoms with Crippen LogP contribution in [0.25, 0.3) is 0 Å². The molecule has 2 atom stereocenters. The summed E-state index contributed by atoms with van der Waals surface area (Å²) in [6, 6.07) is 8.03. The van der Waals surface area contributed by atoms with Gasteiger partial charge in [-0.2, -0.15) is 0 Å². The molecule has 1 aliphatic rings. The van der Waals surface area contributed by atoms with E-state index in [2.05, 4.69) is 29.8 Å². The average molecular weight is 271 g/mol. The maximum absolute atomic E-state index is 5.94. The minimum Gasteiger partial charge on any atom is -0.486 e. The van der Waals surface area contributed by atoms with Crippen LogP contribution in [0.3, 0.4) is 0 Å². The van der Waals surface area contributed by atoms with Crippen LogP contribution in [0.5, 0.6) is 5.75 Å². The van der Waals surface area contributed by atoms with E-state index in [1.165, 1.54) is 0 Å². The average Bonchev–Trinajstić information content (AvgIpc) is 2.19. The number of ether oxygens (including phenoxy) is 2. The van der Waals surface area contributed by atoms with E-state index < -0.39 is 0 Å². The molecule has 0 saturated carbocycles. The Labute approximate surface area is 98.7 Å². The Bertz CT molecular complexity index is 362. The molecule has 3 heteroatoms. The fraction of sp³-hybridized carbons (Fsp3) is 0.500. The molecule has 0 unspecified atom stereocenters. The molecule has 0 amide bonds. The van der Waals surface area contributed by atoms with E-state index in [4.69, 9.17) is 9.47 Å². The Morgan fingerprint density at radius 3 is 2.67 bits per heavy atom. The largest absolute Gasteiger partial charge is 0.486 e. The van der Waals surface area contributed by atoms with Crippen molar-refractivity contribution in [3.63, 3.8) is 0 Å². The van der Waals surface area contributed by atoms with Gasteiger partial charge in [-0.3, -0.25) is 0 Å². The lowest BCUT2D eigenvalue weighted by Crippen LogP contribution is -2.45. The van der Waals surface area contributed by atoms with E-state index in [1.807, 2.05) is 24.3 Å². The smallest absolute Gasteiger partial charge is 0.126 e. The second-order valence-corrected chi connectivity index (χ2v) is 5.29. The van der Waals surface area contributed by atoms with Crippen LogP contribution in [-0.2, 0) is 4.74 Å². The summed E-state index contributed by atoms with van der Waals surface area (Å²) in [5.74, 6) is 0.921. The summed E-state index contributed by atoms with van der Waals surface area (Å²) in [5.41, 5.74) is 0.857. The molecule has 2 nitrogen and oxygen atoms in total.